The Morgan fingerprint density at radius 2 is 2.12 bits per heavy atom. The average Bonchev–Trinajstić information content (AvgIpc) is 2.88. The first-order valence-electron chi connectivity index (χ1n) is 7.68. The fraction of sp³-hybridized carbons (Fsp3) is 0.353. The number of carbonyl (C=O) groups is 3. The Labute approximate surface area is 144 Å². The number of nitrogens with zero attached hydrogens (tertiary/aromatic N) is 1. The lowest BCUT2D eigenvalue weighted by molar-refractivity contribution is -0.136. The van der Waals surface area contributed by atoms with Gasteiger partial charge >= 0.3 is 0 Å². The summed E-state index contributed by atoms with van der Waals surface area (Å²) in [5.74, 6) is 4.91. The van der Waals surface area contributed by atoms with Gasteiger partial charge in [-0.3, -0.25) is 19.7 Å². The molecule has 1 unspecified atom stereocenters. The van der Waals surface area contributed by atoms with Crippen LogP contribution in [0.25, 0.3) is 0 Å². The number of fused-ring (bicyclic) bond motifs is 1. The van der Waals surface area contributed by atoms with E-state index in [2.05, 4.69) is 17.2 Å². The number of hydrogen-bond acceptors (Lipinski definition) is 4. The third-order valence-electron chi connectivity index (χ3n) is 4.14. The minimum atomic E-state index is -0.663. The molecule has 7 heteroatoms. The van der Waals surface area contributed by atoms with Gasteiger partial charge in [0, 0.05) is 37.1 Å². The summed E-state index contributed by atoms with van der Waals surface area (Å²) in [4.78, 5) is 37.6. The van der Waals surface area contributed by atoms with Gasteiger partial charge in [0.15, 0.2) is 0 Å². The molecule has 1 atom stereocenters. The van der Waals surface area contributed by atoms with E-state index in [0.717, 1.165) is 5.56 Å². The molecular weight excluding hydrogens is 330 g/mol. The SMILES string of the molecule is NCCC#Cc1ccc(Cl)c2c1CN(C1CCC(=O)NC1=O)C2=O. The molecule has 3 N–H and O–H groups in total. The van der Waals surface area contributed by atoms with E-state index in [9.17, 15) is 14.4 Å². The van der Waals surface area contributed by atoms with Crippen LogP contribution in [-0.4, -0.2) is 35.2 Å². The molecule has 2 aliphatic heterocycles. The molecule has 0 aromatic heterocycles. The lowest BCUT2D eigenvalue weighted by Crippen LogP contribution is -2.52. The Morgan fingerprint density at radius 1 is 1.33 bits per heavy atom. The normalized spacial score (nSPS) is 19.7. The van der Waals surface area contributed by atoms with E-state index in [4.69, 9.17) is 17.3 Å². The number of amides is 3. The van der Waals surface area contributed by atoms with Crippen molar-refractivity contribution in [2.24, 2.45) is 5.73 Å². The summed E-state index contributed by atoms with van der Waals surface area (Å²) < 4.78 is 0. The molecule has 0 aliphatic carbocycles. The first kappa shape index (κ1) is 16.5. The van der Waals surface area contributed by atoms with E-state index in [-0.39, 0.29) is 24.8 Å². The minimum Gasteiger partial charge on any atom is -0.330 e. The van der Waals surface area contributed by atoms with Gasteiger partial charge in [-0.15, -0.1) is 0 Å². The smallest absolute Gasteiger partial charge is 0.256 e. The summed E-state index contributed by atoms with van der Waals surface area (Å²) in [7, 11) is 0. The highest BCUT2D eigenvalue weighted by Gasteiger charge is 2.40. The second kappa shape index (κ2) is 6.63. The number of piperidine rings is 1. The van der Waals surface area contributed by atoms with Gasteiger partial charge in [-0.2, -0.15) is 0 Å². The molecule has 1 fully saturated rings. The zero-order valence-corrected chi connectivity index (χ0v) is 13.7. The summed E-state index contributed by atoms with van der Waals surface area (Å²) in [6.45, 7) is 0.720. The lowest BCUT2D eigenvalue weighted by atomic mass is 10.0. The Kier molecular flexibility index (Phi) is 4.56. The van der Waals surface area contributed by atoms with Gasteiger partial charge in [0.25, 0.3) is 5.91 Å². The van der Waals surface area contributed by atoms with Crippen molar-refractivity contribution in [2.45, 2.75) is 31.8 Å². The molecule has 3 rings (SSSR count). The van der Waals surface area contributed by atoms with Crippen molar-refractivity contribution in [3.63, 3.8) is 0 Å². The quantitative estimate of drug-likeness (QED) is 0.612. The van der Waals surface area contributed by atoms with Crippen LogP contribution in [0.4, 0.5) is 0 Å². The molecule has 2 heterocycles. The maximum absolute atomic E-state index is 12.7. The van der Waals surface area contributed by atoms with Crippen molar-refractivity contribution in [3.05, 3.63) is 33.8 Å². The van der Waals surface area contributed by atoms with E-state index in [0.29, 0.717) is 35.5 Å². The van der Waals surface area contributed by atoms with Gasteiger partial charge in [0.05, 0.1) is 10.6 Å². The summed E-state index contributed by atoms with van der Waals surface area (Å²) >= 11 is 6.19. The van der Waals surface area contributed by atoms with Gasteiger partial charge in [-0.1, -0.05) is 23.4 Å². The highest BCUT2D eigenvalue weighted by atomic mass is 35.5. The fourth-order valence-electron chi connectivity index (χ4n) is 2.98. The summed E-state index contributed by atoms with van der Waals surface area (Å²) in [5.41, 5.74) is 7.27. The molecule has 124 valence electrons. The van der Waals surface area contributed by atoms with E-state index < -0.39 is 11.9 Å². The number of halogens is 1. The number of nitrogens with one attached hydrogen (secondary N) is 1. The molecule has 6 nitrogen and oxygen atoms in total. The molecule has 3 amide bonds. The molecule has 1 saturated heterocycles. The number of nitrogens with two attached hydrogens (primary N) is 1. The summed E-state index contributed by atoms with van der Waals surface area (Å²) in [6, 6.07) is 2.74. The first-order valence-corrected chi connectivity index (χ1v) is 8.05. The molecule has 0 bridgehead atoms. The van der Waals surface area contributed by atoms with Crippen molar-refractivity contribution in [1.82, 2.24) is 10.2 Å². The van der Waals surface area contributed by atoms with E-state index in [1.165, 1.54) is 4.90 Å². The lowest BCUT2D eigenvalue weighted by Gasteiger charge is -2.29. The van der Waals surface area contributed by atoms with Gasteiger partial charge < -0.3 is 10.6 Å². The Bertz CT molecular complexity index is 794. The molecule has 0 spiro atoms. The third kappa shape index (κ3) is 2.88. The van der Waals surface area contributed by atoms with Crippen LogP contribution in [-0.2, 0) is 16.1 Å². The Balaban J connectivity index is 1.93. The number of carbonyl (C=O) groups excluding carboxylic acids is 3. The molecule has 1 aromatic carbocycles. The summed E-state index contributed by atoms with van der Waals surface area (Å²) in [5, 5.41) is 2.62. The van der Waals surface area contributed by atoms with Crippen LogP contribution in [0.5, 0.6) is 0 Å². The van der Waals surface area contributed by atoms with Crippen LogP contribution in [0.1, 0.15) is 40.7 Å². The van der Waals surface area contributed by atoms with Gasteiger partial charge in [-0.05, 0) is 18.6 Å². The first-order chi connectivity index (χ1) is 11.5. The molecule has 24 heavy (non-hydrogen) atoms. The number of hydrogen-bond donors (Lipinski definition) is 2. The van der Waals surface area contributed by atoms with Gasteiger partial charge in [0.1, 0.15) is 6.04 Å². The molecule has 0 radical (unpaired) electrons. The highest BCUT2D eigenvalue weighted by molar-refractivity contribution is 6.34. The second-order valence-electron chi connectivity index (χ2n) is 5.69. The summed E-state index contributed by atoms with van der Waals surface area (Å²) in [6.07, 6.45) is 1.09. The molecule has 1 aromatic rings. The monoisotopic (exact) mass is 345 g/mol. The maximum atomic E-state index is 12.7. The maximum Gasteiger partial charge on any atom is 0.256 e. The van der Waals surface area contributed by atoms with Crippen molar-refractivity contribution >= 4 is 29.3 Å². The van der Waals surface area contributed by atoms with E-state index >= 15 is 0 Å². The molecule has 0 saturated carbocycles. The topological polar surface area (TPSA) is 92.5 Å². The van der Waals surface area contributed by atoms with E-state index in [1.54, 1.807) is 12.1 Å². The van der Waals surface area contributed by atoms with Crippen molar-refractivity contribution in [2.75, 3.05) is 6.54 Å². The van der Waals surface area contributed by atoms with Crippen LogP contribution >= 0.6 is 11.6 Å². The van der Waals surface area contributed by atoms with Crippen LogP contribution in [0.3, 0.4) is 0 Å². The van der Waals surface area contributed by atoms with Gasteiger partial charge in [-0.25, -0.2) is 0 Å². The molecular formula is C17H16ClN3O3. The van der Waals surface area contributed by atoms with Crippen LogP contribution in [0.2, 0.25) is 5.02 Å². The Hall–Kier alpha value is -2.36. The highest BCUT2D eigenvalue weighted by Crippen LogP contribution is 2.34. The second-order valence-corrected chi connectivity index (χ2v) is 6.10. The van der Waals surface area contributed by atoms with Crippen LogP contribution in [0.15, 0.2) is 12.1 Å². The van der Waals surface area contributed by atoms with Crippen LogP contribution < -0.4 is 11.1 Å². The number of benzene rings is 1. The van der Waals surface area contributed by atoms with Crippen molar-refractivity contribution < 1.29 is 14.4 Å². The van der Waals surface area contributed by atoms with Gasteiger partial charge in [0.2, 0.25) is 11.8 Å². The largest absolute Gasteiger partial charge is 0.330 e. The average molecular weight is 346 g/mol. The zero-order chi connectivity index (χ0) is 17.3. The number of imide groups is 1. The molecule has 2 aliphatic rings. The third-order valence-corrected chi connectivity index (χ3v) is 4.46. The minimum absolute atomic E-state index is 0.216. The zero-order valence-electron chi connectivity index (χ0n) is 12.9. The number of rotatable bonds is 2. The predicted molar refractivity (Wildman–Crippen MR) is 88.0 cm³/mol. The Morgan fingerprint density at radius 3 is 2.83 bits per heavy atom. The fourth-order valence-corrected chi connectivity index (χ4v) is 3.24. The van der Waals surface area contributed by atoms with Crippen molar-refractivity contribution in [1.29, 1.82) is 0 Å². The van der Waals surface area contributed by atoms with Crippen molar-refractivity contribution in [3.8, 4) is 11.8 Å². The van der Waals surface area contributed by atoms with Crippen LogP contribution in [0, 0.1) is 11.8 Å². The standard InChI is InChI=1S/C17H16ClN3O3/c18-12-5-4-10(3-1-2-8-19)11-9-21(17(24)15(11)12)13-6-7-14(22)20-16(13)23/h4-5,13H,2,6-9,19H2,(H,20,22,23). The van der Waals surface area contributed by atoms with E-state index in [1.807, 2.05) is 0 Å². The predicted octanol–water partition coefficient (Wildman–Crippen LogP) is 0.801.